The molecular formula is C21H32Cl2N4O. The highest BCUT2D eigenvalue weighted by atomic mass is 35.5. The van der Waals surface area contributed by atoms with Gasteiger partial charge >= 0.3 is 0 Å². The molecule has 7 heteroatoms. The largest absolute Gasteiger partial charge is 0.496 e. The molecule has 0 saturated heterocycles. The van der Waals surface area contributed by atoms with Gasteiger partial charge in [-0.1, -0.05) is 6.07 Å². The van der Waals surface area contributed by atoms with Gasteiger partial charge in [-0.2, -0.15) is 0 Å². The lowest BCUT2D eigenvalue weighted by molar-refractivity contribution is 0.315. The summed E-state index contributed by atoms with van der Waals surface area (Å²) >= 11 is 0. The fourth-order valence-electron chi connectivity index (χ4n) is 3.65. The van der Waals surface area contributed by atoms with Crippen LogP contribution in [0.3, 0.4) is 0 Å². The molecule has 3 rings (SSSR count). The third-order valence-electron chi connectivity index (χ3n) is 5.35. The number of benzene rings is 1. The minimum absolute atomic E-state index is 0. The van der Waals surface area contributed by atoms with Gasteiger partial charge in [-0.05, 0) is 62.6 Å². The van der Waals surface area contributed by atoms with Crippen LogP contribution in [0.4, 0.5) is 5.82 Å². The summed E-state index contributed by atoms with van der Waals surface area (Å²) in [6, 6.07) is 11.7. The molecule has 3 N–H and O–H groups in total. The first-order chi connectivity index (χ1) is 12.7. The molecule has 2 aromatic rings. The maximum absolute atomic E-state index is 5.57. The van der Waals surface area contributed by atoms with Crippen molar-refractivity contribution < 1.29 is 4.74 Å². The number of nitrogens with zero attached hydrogens (tertiary/aromatic N) is 1. The monoisotopic (exact) mass is 426 g/mol. The number of hydrogen-bond donors (Lipinski definition) is 3. The van der Waals surface area contributed by atoms with Crippen LogP contribution in [0.15, 0.2) is 36.5 Å². The van der Waals surface area contributed by atoms with Crippen molar-refractivity contribution in [2.45, 2.75) is 44.3 Å². The van der Waals surface area contributed by atoms with Crippen molar-refractivity contribution in [3.63, 3.8) is 0 Å². The summed E-state index contributed by atoms with van der Waals surface area (Å²) in [6.45, 7) is 0.827. The van der Waals surface area contributed by atoms with E-state index in [1.54, 1.807) is 7.11 Å². The highest BCUT2D eigenvalue weighted by Gasteiger charge is 2.19. The summed E-state index contributed by atoms with van der Waals surface area (Å²) in [5, 5.41) is 10.2. The summed E-state index contributed by atoms with van der Waals surface area (Å²) in [5.41, 5.74) is 3.47. The van der Waals surface area contributed by atoms with Crippen molar-refractivity contribution in [2.75, 3.05) is 26.5 Å². The van der Waals surface area contributed by atoms with Crippen LogP contribution in [0.2, 0.25) is 0 Å². The van der Waals surface area contributed by atoms with Crippen LogP contribution in [0.5, 0.6) is 5.75 Å². The average molecular weight is 427 g/mol. The van der Waals surface area contributed by atoms with E-state index >= 15 is 0 Å². The van der Waals surface area contributed by atoms with Crippen molar-refractivity contribution in [1.82, 2.24) is 15.6 Å². The summed E-state index contributed by atoms with van der Waals surface area (Å²) in [7, 11) is 5.68. The Hall–Kier alpha value is -1.53. The lowest BCUT2D eigenvalue weighted by Gasteiger charge is -2.29. The lowest BCUT2D eigenvalue weighted by atomic mass is 9.91. The SMILES string of the molecule is CNc1ccc(-c2ccc(OC)c(CNC3CCC(NC)CC3)c2)cn1.Cl.Cl. The second-order valence-corrected chi connectivity index (χ2v) is 6.93. The number of ether oxygens (including phenoxy) is 1. The molecule has 1 aromatic heterocycles. The first-order valence-corrected chi connectivity index (χ1v) is 9.45. The molecular weight excluding hydrogens is 395 g/mol. The highest BCUT2D eigenvalue weighted by molar-refractivity contribution is 5.85. The summed E-state index contributed by atoms with van der Waals surface area (Å²) < 4.78 is 5.57. The minimum Gasteiger partial charge on any atom is -0.496 e. The van der Waals surface area contributed by atoms with Gasteiger partial charge in [0, 0.05) is 43.0 Å². The second-order valence-electron chi connectivity index (χ2n) is 6.93. The molecule has 0 atom stereocenters. The maximum atomic E-state index is 5.57. The third-order valence-corrected chi connectivity index (χ3v) is 5.35. The van der Waals surface area contributed by atoms with Gasteiger partial charge in [0.2, 0.25) is 0 Å². The number of pyridine rings is 1. The molecule has 1 saturated carbocycles. The zero-order chi connectivity index (χ0) is 18.4. The molecule has 28 heavy (non-hydrogen) atoms. The maximum Gasteiger partial charge on any atom is 0.125 e. The van der Waals surface area contributed by atoms with E-state index < -0.39 is 0 Å². The van der Waals surface area contributed by atoms with Crippen LogP contribution in [-0.2, 0) is 6.54 Å². The summed E-state index contributed by atoms with van der Waals surface area (Å²) in [4.78, 5) is 4.42. The lowest BCUT2D eigenvalue weighted by Crippen LogP contribution is -2.38. The Morgan fingerprint density at radius 3 is 2.21 bits per heavy atom. The van der Waals surface area contributed by atoms with Crippen molar-refractivity contribution in [2.24, 2.45) is 0 Å². The Kier molecular flexibility index (Phi) is 10.6. The molecule has 1 aliphatic carbocycles. The molecule has 0 unspecified atom stereocenters. The number of halogens is 2. The van der Waals surface area contributed by atoms with Gasteiger partial charge in [0.25, 0.3) is 0 Å². The van der Waals surface area contributed by atoms with Crippen molar-refractivity contribution in [1.29, 1.82) is 0 Å². The Bertz CT molecular complexity index is 704. The highest BCUT2D eigenvalue weighted by Crippen LogP contribution is 2.27. The van der Waals surface area contributed by atoms with Crippen molar-refractivity contribution >= 4 is 30.6 Å². The molecule has 1 heterocycles. The number of rotatable bonds is 7. The molecule has 0 amide bonds. The third kappa shape index (κ3) is 6.24. The summed E-state index contributed by atoms with van der Waals surface area (Å²) in [6.07, 6.45) is 6.85. The van der Waals surface area contributed by atoms with Crippen LogP contribution in [0.25, 0.3) is 11.1 Å². The first-order valence-electron chi connectivity index (χ1n) is 9.45. The van der Waals surface area contributed by atoms with E-state index in [0.717, 1.165) is 29.2 Å². The topological polar surface area (TPSA) is 58.2 Å². The predicted octanol–water partition coefficient (Wildman–Crippen LogP) is 4.26. The van der Waals surface area contributed by atoms with Gasteiger partial charge in [0.05, 0.1) is 7.11 Å². The fourth-order valence-corrected chi connectivity index (χ4v) is 3.65. The van der Waals surface area contributed by atoms with Gasteiger partial charge < -0.3 is 20.7 Å². The molecule has 1 aromatic carbocycles. The number of aromatic nitrogens is 1. The standard InChI is InChI=1S/C21H30N4O.2ClH/c1-22-18-6-8-19(9-7-18)24-14-17-12-15(4-10-20(17)26-3)16-5-11-21(23-2)25-13-16;;/h4-5,10-13,18-19,22,24H,6-9,14H2,1-3H3,(H,23,25);2*1H. The number of hydrogen-bond acceptors (Lipinski definition) is 5. The van der Waals surface area contributed by atoms with Crippen molar-refractivity contribution in [3.8, 4) is 16.9 Å². The van der Waals surface area contributed by atoms with E-state index in [1.807, 2.05) is 19.3 Å². The van der Waals surface area contributed by atoms with Crippen LogP contribution in [-0.4, -0.2) is 38.3 Å². The van der Waals surface area contributed by atoms with Crippen LogP contribution in [0.1, 0.15) is 31.2 Å². The van der Waals surface area contributed by atoms with E-state index in [2.05, 4.69) is 52.2 Å². The fraction of sp³-hybridized carbons (Fsp3) is 0.476. The van der Waals surface area contributed by atoms with Gasteiger partial charge in [-0.25, -0.2) is 4.98 Å². The first kappa shape index (κ1) is 24.5. The van der Waals surface area contributed by atoms with E-state index in [4.69, 9.17) is 4.74 Å². The predicted molar refractivity (Wildman–Crippen MR) is 122 cm³/mol. The van der Waals surface area contributed by atoms with E-state index in [-0.39, 0.29) is 24.8 Å². The molecule has 0 aliphatic heterocycles. The Morgan fingerprint density at radius 2 is 1.64 bits per heavy atom. The Balaban J connectivity index is 0.00000196. The smallest absolute Gasteiger partial charge is 0.125 e. The van der Waals surface area contributed by atoms with E-state index in [1.165, 1.54) is 31.2 Å². The normalized spacial score (nSPS) is 18.5. The average Bonchev–Trinajstić information content (AvgIpc) is 2.72. The second kappa shape index (κ2) is 12.1. The van der Waals surface area contributed by atoms with E-state index in [0.29, 0.717) is 12.1 Å². The number of nitrogens with one attached hydrogen (secondary N) is 3. The molecule has 156 valence electrons. The van der Waals surface area contributed by atoms with Crippen molar-refractivity contribution in [3.05, 3.63) is 42.1 Å². The van der Waals surface area contributed by atoms with Crippen LogP contribution >= 0.6 is 24.8 Å². The molecule has 1 aliphatic rings. The van der Waals surface area contributed by atoms with Gasteiger partial charge in [0.1, 0.15) is 11.6 Å². The van der Waals surface area contributed by atoms with Gasteiger partial charge in [-0.15, -0.1) is 24.8 Å². The molecule has 0 spiro atoms. The molecule has 0 radical (unpaired) electrons. The number of anilines is 1. The van der Waals surface area contributed by atoms with Gasteiger partial charge in [0.15, 0.2) is 0 Å². The zero-order valence-corrected chi connectivity index (χ0v) is 18.5. The van der Waals surface area contributed by atoms with Crippen LogP contribution < -0.4 is 20.7 Å². The zero-order valence-electron chi connectivity index (χ0n) is 16.8. The van der Waals surface area contributed by atoms with Crippen LogP contribution in [0, 0.1) is 0 Å². The number of methoxy groups -OCH3 is 1. The molecule has 1 fully saturated rings. The summed E-state index contributed by atoms with van der Waals surface area (Å²) in [5.74, 6) is 1.81. The Morgan fingerprint density at radius 1 is 0.964 bits per heavy atom. The van der Waals surface area contributed by atoms with Gasteiger partial charge in [-0.3, -0.25) is 0 Å². The quantitative estimate of drug-likeness (QED) is 0.617. The molecule has 5 nitrogen and oxygen atoms in total. The minimum atomic E-state index is 0. The molecule has 0 bridgehead atoms. The Labute approximate surface area is 180 Å². The van der Waals surface area contributed by atoms with E-state index in [9.17, 15) is 0 Å².